The van der Waals surface area contributed by atoms with E-state index in [1.165, 1.54) is 5.01 Å². The number of allylic oxidation sites excluding steroid dienone is 1. The minimum Gasteiger partial charge on any atom is -0.401 e. The lowest BCUT2D eigenvalue weighted by Crippen LogP contribution is -2.26. The van der Waals surface area contributed by atoms with E-state index < -0.39 is 0 Å². The van der Waals surface area contributed by atoms with Crippen LogP contribution in [0.5, 0.6) is 0 Å². The van der Waals surface area contributed by atoms with Crippen molar-refractivity contribution in [1.29, 1.82) is 0 Å². The number of hydrogen-bond acceptors (Lipinski definition) is 6. The smallest absolute Gasteiger partial charge is 0.0589 e. The summed E-state index contributed by atoms with van der Waals surface area (Å²) in [5.74, 6) is 6.12. The second kappa shape index (κ2) is 10.8. The van der Waals surface area contributed by atoms with Crippen LogP contribution in [0.25, 0.3) is 12.2 Å². The van der Waals surface area contributed by atoms with Gasteiger partial charge in [0.2, 0.25) is 0 Å². The molecule has 0 spiro atoms. The van der Waals surface area contributed by atoms with Gasteiger partial charge in [0, 0.05) is 42.3 Å². The minimum absolute atomic E-state index is 0.106. The SMILES string of the molecule is N/C(=C\N(N)c1cccc(Nc2cccc(/C=C/c3ccncc3)c2)c1)CCCO. The summed E-state index contributed by atoms with van der Waals surface area (Å²) in [5.41, 5.74) is 11.5. The number of aliphatic hydroxyl groups excluding tert-OH is 1. The van der Waals surface area contributed by atoms with Gasteiger partial charge in [-0.3, -0.25) is 9.99 Å². The van der Waals surface area contributed by atoms with Crippen LogP contribution in [0.4, 0.5) is 17.1 Å². The monoisotopic (exact) mass is 401 g/mol. The van der Waals surface area contributed by atoms with E-state index in [2.05, 4.69) is 34.6 Å². The first-order valence-electron chi connectivity index (χ1n) is 9.80. The molecule has 0 radical (unpaired) electrons. The summed E-state index contributed by atoms with van der Waals surface area (Å²) >= 11 is 0. The molecule has 30 heavy (non-hydrogen) atoms. The topological polar surface area (TPSA) is 100 Å². The van der Waals surface area contributed by atoms with Crippen molar-refractivity contribution in [2.24, 2.45) is 11.6 Å². The Morgan fingerprint density at radius 1 is 0.967 bits per heavy atom. The quantitative estimate of drug-likeness (QED) is 0.316. The maximum atomic E-state index is 8.91. The standard InChI is InChI=1S/C24H27N5O/c25-21(5-3-15-30)18-29(26)24-8-2-7-23(17-24)28-22-6-1-4-20(16-22)10-9-19-11-13-27-14-12-19/h1-2,4,6-14,16-18,28,30H,3,5,15,25-26H2/b10-9+,21-18-. The summed E-state index contributed by atoms with van der Waals surface area (Å²) < 4.78 is 0. The van der Waals surface area contributed by atoms with Gasteiger partial charge in [0.05, 0.1) is 5.69 Å². The Hall–Kier alpha value is -3.61. The van der Waals surface area contributed by atoms with Crippen molar-refractivity contribution < 1.29 is 5.11 Å². The maximum absolute atomic E-state index is 8.91. The lowest BCUT2D eigenvalue weighted by atomic mass is 10.1. The van der Waals surface area contributed by atoms with Gasteiger partial charge in [0.25, 0.3) is 0 Å². The molecule has 6 nitrogen and oxygen atoms in total. The molecule has 0 unspecified atom stereocenters. The van der Waals surface area contributed by atoms with E-state index in [-0.39, 0.29) is 6.61 Å². The van der Waals surface area contributed by atoms with Crippen LogP contribution < -0.4 is 21.9 Å². The maximum Gasteiger partial charge on any atom is 0.0589 e. The van der Waals surface area contributed by atoms with Gasteiger partial charge in [0.1, 0.15) is 0 Å². The second-order valence-electron chi connectivity index (χ2n) is 6.85. The molecular formula is C24H27N5O. The van der Waals surface area contributed by atoms with Crippen LogP contribution in [0.2, 0.25) is 0 Å². The molecule has 0 fully saturated rings. The van der Waals surface area contributed by atoms with E-state index in [9.17, 15) is 0 Å². The summed E-state index contributed by atoms with van der Waals surface area (Å²) in [5, 5.41) is 13.8. The molecule has 0 amide bonds. The normalized spacial score (nSPS) is 11.6. The van der Waals surface area contributed by atoms with Crippen molar-refractivity contribution in [3.63, 3.8) is 0 Å². The van der Waals surface area contributed by atoms with Crippen LogP contribution in [0.15, 0.2) is 85.0 Å². The summed E-state index contributed by atoms with van der Waals surface area (Å²) in [4.78, 5) is 4.03. The van der Waals surface area contributed by atoms with Gasteiger partial charge in [-0.15, -0.1) is 0 Å². The molecule has 0 aliphatic rings. The number of aliphatic hydroxyl groups is 1. The van der Waals surface area contributed by atoms with Gasteiger partial charge in [-0.25, -0.2) is 5.84 Å². The molecule has 6 heteroatoms. The van der Waals surface area contributed by atoms with Gasteiger partial charge in [-0.2, -0.15) is 0 Å². The fourth-order valence-corrected chi connectivity index (χ4v) is 2.90. The lowest BCUT2D eigenvalue weighted by molar-refractivity contribution is 0.288. The third kappa shape index (κ3) is 6.48. The Morgan fingerprint density at radius 3 is 2.43 bits per heavy atom. The number of hydrogen-bond donors (Lipinski definition) is 4. The van der Waals surface area contributed by atoms with Crippen molar-refractivity contribution in [2.45, 2.75) is 12.8 Å². The van der Waals surface area contributed by atoms with Gasteiger partial charge >= 0.3 is 0 Å². The van der Waals surface area contributed by atoms with E-state index in [0.29, 0.717) is 18.5 Å². The molecule has 0 aliphatic heterocycles. The van der Waals surface area contributed by atoms with E-state index in [0.717, 1.165) is 28.2 Å². The van der Waals surface area contributed by atoms with Gasteiger partial charge < -0.3 is 16.2 Å². The molecule has 1 aromatic heterocycles. The Morgan fingerprint density at radius 2 is 1.67 bits per heavy atom. The molecule has 1 heterocycles. The first-order chi connectivity index (χ1) is 14.6. The van der Waals surface area contributed by atoms with Crippen LogP contribution in [0.3, 0.4) is 0 Å². The number of pyridine rings is 1. The average molecular weight is 402 g/mol. The zero-order valence-corrected chi connectivity index (χ0v) is 16.8. The summed E-state index contributed by atoms with van der Waals surface area (Å²) in [6, 6.07) is 19.9. The van der Waals surface area contributed by atoms with Crippen LogP contribution in [0, 0.1) is 0 Å². The van der Waals surface area contributed by atoms with E-state index in [1.807, 2.05) is 48.5 Å². The van der Waals surface area contributed by atoms with Crippen LogP contribution in [-0.4, -0.2) is 16.7 Å². The molecule has 0 atom stereocenters. The van der Waals surface area contributed by atoms with Crippen LogP contribution in [0.1, 0.15) is 24.0 Å². The molecular weight excluding hydrogens is 374 g/mol. The van der Waals surface area contributed by atoms with E-state index >= 15 is 0 Å². The highest BCUT2D eigenvalue weighted by Gasteiger charge is 2.03. The molecule has 0 aliphatic carbocycles. The Labute approximate surface area is 177 Å². The summed E-state index contributed by atoms with van der Waals surface area (Å²) in [6.07, 6.45) is 10.6. The fraction of sp³-hybridized carbons (Fsp3) is 0.125. The molecule has 6 N–H and O–H groups in total. The first-order valence-corrected chi connectivity index (χ1v) is 9.80. The van der Waals surface area contributed by atoms with Gasteiger partial charge in [0.15, 0.2) is 0 Å². The van der Waals surface area contributed by atoms with Gasteiger partial charge in [-0.05, 0) is 66.4 Å². The van der Waals surface area contributed by atoms with Crippen LogP contribution >= 0.6 is 0 Å². The molecule has 2 aromatic carbocycles. The molecule has 3 rings (SSSR count). The van der Waals surface area contributed by atoms with Crippen molar-refractivity contribution in [3.8, 4) is 0 Å². The van der Waals surface area contributed by atoms with Crippen molar-refractivity contribution in [1.82, 2.24) is 4.98 Å². The largest absolute Gasteiger partial charge is 0.401 e. The number of hydrazine groups is 1. The molecule has 0 saturated carbocycles. The van der Waals surface area contributed by atoms with Crippen LogP contribution in [-0.2, 0) is 0 Å². The van der Waals surface area contributed by atoms with E-state index in [4.69, 9.17) is 16.7 Å². The lowest BCUT2D eigenvalue weighted by Gasteiger charge is -2.17. The van der Waals surface area contributed by atoms with E-state index in [1.54, 1.807) is 18.6 Å². The number of nitrogens with one attached hydrogen (secondary N) is 1. The highest BCUT2D eigenvalue weighted by molar-refractivity contribution is 5.73. The second-order valence-corrected chi connectivity index (χ2v) is 6.85. The van der Waals surface area contributed by atoms with Crippen molar-refractivity contribution in [2.75, 3.05) is 16.9 Å². The third-order valence-electron chi connectivity index (χ3n) is 4.42. The summed E-state index contributed by atoms with van der Waals surface area (Å²) in [6.45, 7) is 0.106. The first kappa shape index (κ1) is 21.1. The molecule has 0 saturated heterocycles. The molecule has 3 aromatic rings. The number of rotatable bonds is 9. The van der Waals surface area contributed by atoms with Gasteiger partial charge in [-0.1, -0.05) is 30.4 Å². The highest BCUT2D eigenvalue weighted by Crippen LogP contribution is 2.23. The minimum atomic E-state index is 0.106. The summed E-state index contributed by atoms with van der Waals surface area (Å²) in [7, 11) is 0. The highest BCUT2D eigenvalue weighted by atomic mass is 16.2. The number of benzene rings is 2. The average Bonchev–Trinajstić information content (AvgIpc) is 2.77. The van der Waals surface area contributed by atoms with Crippen molar-refractivity contribution >= 4 is 29.2 Å². The third-order valence-corrected chi connectivity index (χ3v) is 4.42. The predicted molar refractivity (Wildman–Crippen MR) is 125 cm³/mol. The zero-order valence-electron chi connectivity index (χ0n) is 16.8. The zero-order chi connectivity index (χ0) is 21.2. The Balaban J connectivity index is 1.69. The fourth-order valence-electron chi connectivity index (χ4n) is 2.90. The van der Waals surface area contributed by atoms with Crippen molar-refractivity contribution in [3.05, 3.63) is 96.1 Å². The predicted octanol–water partition coefficient (Wildman–Crippen LogP) is 4.25. The number of aromatic nitrogens is 1. The number of nitrogens with two attached hydrogens (primary N) is 2. The number of nitrogens with zero attached hydrogens (tertiary/aromatic N) is 2. The Bertz CT molecular complexity index is 1000. The number of anilines is 3. The molecule has 0 bridgehead atoms. The Kier molecular flexibility index (Phi) is 7.60. The molecule has 154 valence electrons.